The molecule has 0 aliphatic carbocycles. The first-order valence-electron chi connectivity index (χ1n) is 9.68. The van der Waals surface area contributed by atoms with Crippen molar-refractivity contribution in [3.05, 3.63) is 29.8 Å². The van der Waals surface area contributed by atoms with Gasteiger partial charge in [0, 0.05) is 44.0 Å². The van der Waals surface area contributed by atoms with Crippen LogP contribution in [0.5, 0.6) is 0 Å². The molecule has 0 spiro atoms. The minimum atomic E-state index is 0.157. The van der Waals surface area contributed by atoms with Gasteiger partial charge in [-0.15, -0.1) is 0 Å². The molecule has 2 saturated heterocycles. The van der Waals surface area contributed by atoms with Gasteiger partial charge in [0.2, 0.25) is 5.91 Å². The number of rotatable bonds is 8. The Balaban J connectivity index is 1.38. The summed E-state index contributed by atoms with van der Waals surface area (Å²) in [4.78, 5) is 16.9. The number of amides is 1. The van der Waals surface area contributed by atoms with E-state index in [9.17, 15) is 4.79 Å². The number of carbonyl (C=O) groups is 1. The van der Waals surface area contributed by atoms with Crippen LogP contribution in [0.25, 0.3) is 0 Å². The highest BCUT2D eigenvalue weighted by molar-refractivity contribution is 5.78. The fourth-order valence-corrected chi connectivity index (χ4v) is 4.14. The average molecular weight is 355 g/mol. The molecule has 2 fully saturated rings. The molecule has 6 nitrogen and oxygen atoms in total. The van der Waals surface area contributed by atoms with E-state index < -0.39 is 0 Å². The Morgan fingerprint density at radius 2 is 1.92 bits per heavy atom. The van der Waals surface area contributed by atoms with Crippen molar-refractivity contribution in [1.82, 2.24) is 15.1 Å². The first kappa shape index (κ1) is 18.7. The van der Waals surface area contributed by atoms with Gasteiger partial charge in [-0.05, 0) is 57.0 Å². The van der Waals surface area contributed by atoms with E-state index in [1.807, 2.05) is 31.2 Å². The standard InChI is InChI=1S/C20H29N5O/c1-2-22-20(26)15-25-18-8-9-19(25)14-24(13-18)11-3-10-23-17-6-4-16(12-21)5-7-17/h4-7,18-19,23H,2-3,8-11,13-15H2,1H3,(H,22,26). The Morgan fingerprint density at radius 1 is 1.23 bits per heavy atom. The van der Waals surface area contributed by atoms with Crippen molar-refractivity contribution in [2.24, 2.45) is 0 Å². The molecule has 1 aromatic rings. The number of benzene rings is 1. The van der Waals surface area contributed by atoms with Crippen molar-refractivity contribution in [2.45, 2.75) is 38.3 Å². The minimum absolute atomic E-state index is 0.157. The lowest BCUT2D eigenvalue weighted by Gasteiger charge is -2.40. The van der Waals surface area contributed by atoms with Crippen LogP contribution in [0.15, 0.2) is 24.3 Å². The predicted molar refractivity (Wildman–Crippen MR) is 103 cm³/mol. The highest BCUT2D eigenvalue weighted by Crippen LogP contribution is 2.29. The molecule has 0 radical (unpaired) electrons. The second-order valence-corrected chi connectivity index (χ2v) is 7.24. The maximum atomic E-state index is 11.9. The maximum absolute atomic E-state index is 11.9. The van der Waals surface area contributed by atoms with E-state index in [0.29, 0.717) is 30.7 Å². The third kappa shape index (κ3) is 4.75. The summed E-state index contributed by atoms with van der Waals surface area (Å²) in [6.07, 6.45) is 3.52. The number of likely N-dealkylation sites (N-methyl/N-ethyl adjacent to an activating group) is 1. The number of hydrogen-bond acceptors (Lipinski definition) is 5. The summed E-state index contributed by atoms with van der Waals surface area (Å²) in [5, 5.41) is 15.2. The highest BCUT2D eigenvalue weighted by atomic mass is 16.2. The number of nitriles is 1. The van der Waals surface area contributed by atoms with Gasteiger partial charge in [0.15, 0.2) is 0 Å². The third-order valence-electron chi connectivity index (χ3n) is 5.40. The summed E-state index contributed by atoms with van der Waals surface area (Å²) in [6.45, 7) is 7.40. The van der Waals surface area contributed by atoms with Crippen molar-refractivity contribution in [3.8, 4) is 6.07 Å². The van der Waals surface area contributed by atoms with Crippen molar-refractivity contribution in [2.75, 3.05) is 44.6 Å². The molecule has 2 N–H and O–H groups in total. The Kier molecular flexibility index (Phi) is 6.48. The number of hydrogen-bond donors (Lipinski definition) is 2. The van der Waals surface area contributed by atoms with Gasteiger partial charge in [0.05, 0.1) is 18.2 Å². The number of anilines is 1. The molecule has 26 heavy (non-hydrogen) atoms. The lowest BCUT2D eigenvalue weighted by Crippen LogP contribution is -2.56. The molecule has 3 rings (SSSR count). The number of piperazine rings is 1. The van der Waals surface area contributed by atoms with Crippen LogP contribution >= 0.6 is 0 Å². The molecule has 0 aromatic heterocycles. The van der Waals surface area contributed by atoms with E-state index in [1.165, 1.54) is 12.8 Å². The number of nitrogens with one attached hydrogen (secondary N) is 2. The van der Waals surface area contributed by atoms with Crippen LogP contribution in [-0.2, 0) is 4.79 Å². The van der Waals surface area contributed by atoms with Crippen molar-refractivity contribution >= 4 is 11.6 Å². The second kappa shape index (κ2) is 9.02. The summed E-state index contributed by atoms with van der Waals surface area (Å²) in [5.41, 5.74) is 1.76. The monoisotopic (exact) mass is 355 g/mol. The number of fused-ring (bicyclic) bond motifs is 2. The molecule has 0 saturated carbocycles. The van der Waals surface area contributed by atoms with Crippen LogP contribution in [0.4, 0.5) is 5.69 Å². The van der Waals surface area contributed by atoms with E-state index in [1.54, 1.807) is 0 Å². The summed E-state index contributed by atoms with van der Waals surface area (Å²) in [7, 11) is 0. The molecule has 2 unspecified atom stereocenters. The number of likely N-dealkylation sites (tertiary alicyclic amines) is 1. The average Bonchev–Trinajstić information content (AvgIpc) is 2.88. The third-order valence-corrected chi connectivity index (χ3v) is 5.40. The van der Waals surface area contributed by atoms with E-state index >= 15 is 0 Å². The zero-order valence-corrected chi connectivity index (χ0v) is 15.6. The molecule has 2 heterocycles. The predicted octanol–water partition coefficient (Wildman–Crippen LogP) is 1.64. The van der Waals surface area contributed by atoms with Gasteiger partial charge in [0.1, 0.15) is 0 Å². The zero-order chi connectivity index (χ0) is 18.4. The first-order valence-corrected chi connectivity index (χ1v) is 9.68. The van der Waals surface area contributed by atoms with E-state index in [2.05, 4.69) is 26.5 Å². The molecule has 140 valence electrons. The summed E-state index contributed by atoms with van der Waals surface area (Å²) in [6, 6.07) is 10.8. The molecular weight excluding hydrogens is 326 g/mol. The Labute approximate surface area is 156 Å². The second-order valence-electron chi connectivity index (χ2n) is 7.24. The lowest BCUT2D eigenvalue weighted by atomic mass is 10.1. The van der Waals surface area contributed by atoms with Gasteiger partial charge in [-0.3, -0.25) is 9.69 Å². The van der Waals surface area contributed by atoms with Crippen LogP contribution in [0.2, 0.25) is 0 Å². The molecule has 6 heteroatoms. The highest BCUT2D eigenvalue weighted by Gasteiger charge is 2.40. The number of carbonyl (C=O) groups excluding carboxylic acids is 1. The van der Waals surface area contributed by atoms with Crippen molar-refractivity contribution < 1.29 is 4.79 Å². The maximum Gasteiger partial charge on any atom is 0.234 e. The SMILES string of the molecule is CCNC(=O)CN1C2CCC1CN(CCCNc1ccc(C#N)cc1)C2. The summed E-state index contributed by atoms with van der Waals surface area (Å²) in [5.74, 6) is 0.157. The quantitative estimate of drug-likeness (QED) is 0.694. The Hall–Kier alpha value is -2.10. The molecule has 2 aliphatic heterocycles. The minimum Gasteiger partial charge on any atom is -0.385 e. The molecule has 2 aliphatic rings. The van der Waals surface area contributed by atoms with Gasteiger partial charge in [-0.1, -0.05) is 0 Å². The first-order chi connectivity index (χ1) is 12.7. The van der Waals surface area contributed by atoms with Crippen molar-refractivity contribution in [1.29, 1.82) is 5.26 Å². The van der Waals surface area contributed by atoms with Gasteiger partial charge in [0.25, 0.3) is 0 Å². The van der Waals surface area contributed by atoms with Crippen LogP contribution in [0.1, 0.15) is 31.7 Å². The van der Waals surface area contributed by atoms with E-state index in [0.717, 1.165) is 38.3 Å². The van der Waals surface area contributed by atoms with Gasteiger partial charge in [-0.25, -0.2) is 0 Å². The topological polar surface area (TPSA) is 71.4 Å². The number of nitrogens with zero attached hydrogens (tertiary/aromatic N) is 3. The zero-order valence-electron chi connectivity index (χ0n) is 15.6. The Bertz CT molecular complexity index is 625. The van der Waals surface area contributed by atoms with Crippen molar-refractivity contribution in [3.63, 3.8) is 0 Å². The fraction of sp³-hybridized carbons (Fsp3) is 0.600. The molecule has 1 amide bonds. The van der Waals surface area contributed by atoms with Gasteiger partial charge >= 0.3 is 0 Å². The van der Waals surface area contributed by atoms with E-state index in [4.69, 9.17) is 5.26 Å². The summed E-state index contributed by atoms with van der Waals surface area (Å²) >= 11 is 0. The van der Waals surface area contributed by atoms with Crippen LogP contribution in [0, 0.1) is 11.3 Å². The molecule has 2 bridgehead atoms. The largest absolute Gasteiger partial charge is 0.385 e. The molecule has 2 atom stereocenters. The summed E-state index contributed by atoms with van der Waals surface area (Å²) < 4.78 is 0. The van der Waals surface area contributed by atoms with Crippen LogP contribution in [-0.4, -0.2) is 67.1 Å². The van der Waals surface area contributed by atoms with Gasteiger partial charge in [-0.2, -0.15) is 5.26 Å². The normalized spacial score (nSPS) is 22.8. The Morgan fingerprint density at radius 3 is 2.54 bits per heavy atom. The van der Waals surface area contributed by atoms with Crippen LogP contribution < -0.4 is 10.6 Å². The van der Waals surface area contributed by atoms with E-state index in [-0.39, 0.29) is 5.91 Å². The fourth-order valence-electron chi connectivity index (χ4n) is 4.14. The van der Waals surface area contributed by atoms with Crippen LogP contribution in [0.3, 0.4) is 0 Å². The smallest absolute Gasteiger partial charge is 0.234 e. The molecule has 1 aromatic carbocycles. The molecular formula is C20H29N5O. The van der Waals surface area contributed by atoms with Gasteiger partial charge < -0.3 is 15.5 Å². The lowest BCUT2D eigenvalue weighted by molar-refractivity contribution is -0.123.